The minimum absolute atomic E-state index is 0.00463. The molecule has 1 nitrogen and oxygen atoms in total. The van der Waals surface area contributed by atoms with Crippen LogP contribution in [0.3, 0.4) is 0 Å². The van der Waals surface area contributed by atoms with Crippen LogP contribution in [0.25, 0.3) is 0 Å². The number of ketones is 1. The Balaban J connectivity index is 2.75. The first-order valence-electron chi connectivity index (χ1n) is 3.63. The van der Waals surface area contributed by atoms with E-state index in [2.05, 4.69) is 12.6 Å². The number of benzene rings is 1. The van der Waals surface area contributed by atoms with Crippen molar-refractivity contribution in [3.05, 3.63) is 35.6 Å². The summed E-state index contributed by atoms with van der Waals surface area (Å²) in [6, 6.07) is 5.54. The highest BCUT2D eigenvalue weighted by Gasteiger charge is 2.03. The van der Waals surface area contributed by atoms with Gasteiger partial charge in [-0.2, -0.15) is 12.6 Å². The van der Waals surface area contributed by atoms with Crippen LogP contribution in [0.5, 0.6) is 0 Å². The molecule has 1 rings (SSSR count). The highest BCUT2D eigenvalue weighted by atomic mass is 32.1. The van der Waals surface area contributed by atoms with Gasteiger partial charge in [0.1, 0.15) is 5.82 Å². The Labute approximate surface area is 76.0 Å². The number of hydrogen-bond donors (Lipinski definition) is 1. The summed E-state index contributed by atoms with van der Waals surface area (Å²) >= 11 is 3.94. The molecule has 1 aromatic rings. The van der Waals surface area contributed by atoms with Gasteiger partial charge in [-0.15, -0.1) is 0 Å². The van der Waals surface area contributed by atoms with Crippen LogP contribution in [-0.2, 0) is 0 Å². The highest BCUT2D eigenvalue weighted by Crippen LogP contribution is 2.05. The first-order valence-corrected chi connectivity index (χ1v) is 4.27. The Morgan fingerprint density at radius 1 is 1.33 bits per heavy atom. The molecular formula is C9H9FOS. The van der Waals surface area contributed by atoms with E-state index in [0.29, 0.717) is 17.7 Å². The minimum Gasteiger partial charge on any atom is -0.294 e. The summed E-state index contributed by atoms with van der Waals surface area (Å²) in [7, 11) is 0. The minimum atomic E-state index is -0.322. The number of halogens is 1. The van der Waals surface area contributed by atoms with Crippen molar-refractivity contribution in [2.24, 2.45) is 0 Å². The van der Waals surface area contributed by atoms with Gasteiger partial charge in [0.15, 0.2) is 5.78 Å². The van der Waals surface area contributed by atoms with Crippen LogP contribution < -0.4 is 0 Å². The van der Waals surface area contributed by atoms with E-state index in [1.54, 1.807) is 0 Å². The molecule has 12 heavy (non-hydrogen) atoms. The fraction of sp³-hybridized carbons (Fsp3) is 0.222. The van der Waals surface area contributed by atoms with Crippen LogP contribution in [-0.4, -0.2) is 11.5 Å². The van der Waals surface area contributed by atoms with Crippen molar-refractivity contribution in [3.8, 4) is 0 Å². The lowest BCUT2D eigenvalue weighted by Crippen LogP contribution is -1.99. The standard InChI is InChI=1S/C9H9FOS/c10-8-3-1-7(2-4-8)9(11)5-6-12/h1-4,12H,5-6H2. The van der Waals surface area contributed by atoms with E-state index in [1.807, 2.05) is 0 Å². The summed E-state index contributed by atoms with van der Waals surface area (Å²) in [4.78, 5) is 11.2. The summed E-state index contributed by atoms with van der Waals surface area (Å²) in [5, 5.41) is 0. The van der Waals surface area contributed by atoms with E-state index >= 15 is 0 Å². The largest absolute Gasteiger partial charge is 0.294 e. The SMILES string of the molecule is O=C(CCS)c1ccc(F)cc1. The number of Topliss-reactive ketones (excluding diaryl/α,β-unsaturated/α-hetero) is 1. The smallest absolute Gasteiger partial charge is 0.163 e. The lowest BCUT2D eigenvalue weighted by Gasteiger charge is -1.97. The molecule has 0 spiro atoms. The molecule has 0 heterocycles. The lowest BCUT2D eigenvalue weighted by molar-refractivity contribution is 0.0989. The van der Waals surface area contributed by atoms with E-state index < -0.39 is 0 Å². The summed E-state index contributed by atoms with van der Waals surface area (Å²) in [5.74, 6) is 0.207. The summed E-state index contributed by atoms with van der Waals surface area (Å²) in [6.07, 6.45) is 0.398. The second-order valence-electron chi connectivity index (χ2n) is 2.40. The van der Waals surface area contributed by atoms with Gasteiger partial charge in [0.25, 0.3) is 0 Å². The topological polar surface area (TPSA) is 17.1 Å². The van der Waals surface area contributed by atoms with Crippen molar-refractivity contribution in [2.45, 2.75) is 6.42 Å². The third-order valence-corrected chi connectivity index (χ3v) is 1.73. The number of thiol groups is 1. The molecule has 0 atom stereocenters. The first kappa shape index (κ1) is 9.26. The summed E-state index contributed by atoms with van der Waals surface area (Å²) < 4.78 is 12.4. The number of rotatable bonds is 3. The van der Waals surface area contributed by atoms with Crippen LogP contribution in [0.15, 0.2) is 24.3 Å². The van der Waals surface area contributed by atoms with Crippen molar-refractivity contribution >= 4 is 18.4 Å². The normalized spacial score (nSPS) is 9.83. The molecular weight excluding hydrogens is 175 g/mol. The molecule has 0 saturated heterocycles. The average Bonchev–Trinajstić information content (AvgIpc) is 2.06. The van der Waals surface area contributed by atoms with Crippen LogP contribution >= 0.6 is 12.6 Å². The van der Waals surface area contributed by atoms with Gasteiger partial charge in [0.05, 0.1) is 0 Å². The Morgan fingerprint density at radius 2 is 1.92 bits per heavy atom. The molecule has 0 radical (unpaired) electrons. The van der Waals surface area contributed by atoms with Crippen LogP contribution in [0.4, 0.5) is 4.39 Å². The van der Waals surface area contributed by atoms with Gasteiger partial charge in [-0.25, -0.2) is 4.39 Å². The van der Waals surface area contributed by atoms with Gasteiger partial charge in [-0.3, -0.25) is 4.79 Å². The molecule has 0 N–H and O–H groups in total. The van der Waals surface area contributed by atoms with E-state index in [4.69, 9.17) is 0 Å². The predicted octanol–water partition coefficient (Wildman–Crippen LogP) is 2.33. The summed E-state index contributed by atoms with van der Waals surface area (Å²) in [5.41, 5.74) is 0.547. The Kier molecular flexibility index (Phi) is 3.29. The molecule has 0 aliphatic carbocycles. The highest BCUT2D eigenvalue weighted by molar-refractivity contribution is 7.80. The Bertz CT molecular complexity index is 268. The lowest BCUT2D eigenvalue weighted by atomic mass is 10.1. The second-order valence-corrected chi connectivity index (χ2v) is 2.85. The maximum absolute atomic E-state index is 12.4. The average molecular weight is 184 g/mol. The molecule has 1 aromatic carbocycles. The molecule has 0 aliphatic heterocycles. The van der Waals surface area contributed by atoms with Gasteiger partial charge in [0.2, 0.25) is 0 Å². The molecule has 0 aliphatic rings. The zero-order valence-electron chi connectivity index (χ0n) is 6.46. The molecule has 0 bridgehead atoms. The second kappa shape index (κ2) is 4.26. The molecule has 0 saturated carbocycles. The molecule has 0 amide bonds. The van der Waals surface area contributed by atoms with Gasteiger partial charge >= 0.3 is 0 Å². The van der Waals surface area contributed by atoms with Gasteiger partial charge < -0.3 is 0 Å². The molecule has 64 valence electrons. The monoisotopic (exact) mass is 184 g/mol. The summed E-state index contributed by atoms with van der Waals surface area (Å²) in [6.45, 7) is 0. The zero-order valence-corrected chi connectivity index (χ0v) is 7.35. The third kappa shape index (κ3) is 2.34. The van der Waals surface area contributed by atoms with Crippen molar-refractivity contribution in [2.75, 3.05) is 5.75 Å². The zero-order chi connectivity index (χ0) is 8.97. The molecule has 0 fully saturated rings. The molecule has 3 heteroatoms. The fourth-order valence-corrected chi connectivity index (χ4v) is 1.08. The van der Waals surface area contributed by atoms with Crippen LogP contribution in [0.2, 0.25) is 0 Å². The van der Waals surface area contributed by atoms with E-state index in [-0.39, 0.29) is 11.6 Å². The number of carbonyl (C=O) groups is 1. The van der Waals surface area contributed by atoms with E-state index in [0.717, 1.165) is 0 Å². The van der Waals surface area contributed by atoms with E-state index in [9.17, 15) is 9.18 Å². The predicted molar refractivity (Wildman–Crippen MR) is 49.2 cm³/mol. The quantitative estimate of drug-likeness (QED) is 0.563. The van der Waals surface area contributed by atoms with Crippen molar-refractivity contribution < 1.29 is 9.18 Å². The third-order valence-electron chi connectivity index (χ3n) is 1.51. The Morgan fingerprint density at radius 3 is 2.42 bits per heavy atom. The van der Waals surface area contributed by atoms with E-state index in [1.165, 1.54) is 24.3 Å². The van der Waals surface area contributed by atoms with Gasteiger partial charge in [-0.05, 0) is 30.0 Å². The molecule has 0 unspecified atom stereocenters. The number of carbonyl (C=O) groups excluding carboxylic acids is 1. The fourth-order valence-electron chi connectivity index (χ4n) is 0.882. The maximum atomic E-state index is 12.4. The van der Waals surface area contributed by atoms with Crippen LogP contribution in [0, 0.1) is 5.82 Å². The van der Waals surface area contributed by atoms with Gasteiger partial charge in [0, 0.05) is 12.0 Å². The van der Waals surface area contributed by atoms with Gasteiger partial charge in [-0.1, -0.05) is 0 Å². The maximum Gasteiger partial charge on any atom is 0.163 e. The van der Waals surface area contributed by atoms with Crippen molar-refractivity contribution in [1.29, 1.82) is 0 Å². The van der Waals surface area contributed by atoms with Crippen LogP contribution in [0.1, 0.15) is 16.8 Å². The molecule has 0 aromatic heterocycles. The van der Waals surface area contributed by atoms with Crippen molar-refractivity contribution in [3.63, 3.8) is 0 Å². The number of hydrogen-bond acceptors (Lipinski definition) is 2. The van der Waals surface area contributed by atoms with Crippen molar-refractivity contribution in [1.82, 2.24) is 0 Å². The first-order chi connectivity index (χ1) is 5.74. The Hall–Kier alpha value is -0.830.